The Balaban J connectivity index is 2.56. The highest BCUT2D eigenvalue weighted by Crippen LogP contribution is 2.12. The fourth-order valence-corrected chi connectivity index (χ4v) is 2.09. The molecule has 0 atom stereocenters. The van der Waals surface area contributed by atoms with Crippen molar-refractivity contribution in [3.63, 3.8) is 0 Å². The van der Waals surface area contributed by atoms with Crippen LogP contribution >= 0.6 is 0 Å². The zero-order chi connectivity index (χ0) is 15.5. The molecule has 0 radical (unpaired) electrons. The van der Waals surface area contributed by atoms with Crippen LogP contribution in [0, 0.1) is 0 Å². The molecule has 0 aromatic heterocycles. The molecule has 0 amide bonds. The summed E-state index contributed by atoms with van der Waals surface area (Å²) < 4.78 is 5.25. The molecule has 1 N–H and O–H groups in total. The van der Waals surface area contributed by atoms with Crippen molar-refractivity contribution in [2.75, 3.05) is 33.8 Å². The lowest BCUT2D eigenvalue weighted by Gasteiger charge is -2.21. The van der Waals surface area contributed by atoms with Gasteiger partial charge in [-0.3, -0.25) is 4.99 Å². The van der Waals surface area contributed by atoms with Gasteiger partial charge >= 0.3 is 0 Å². The van der Waals surface area contributed by atoms with E-state index in [9.17, 15) is 0 Å². The number of ether oxygens (including phenoxy) is 1. The van der Waals surface area contributed by atoms with Crippen LogP contribution in [0.3, 0.4) is 0 Å². The minimum atomic E-state index is 0.784. The highest BCUT2D eigenvalue weighted by Gasteiger charge is 2.04. The Labute approximate surface area is 129 Å². The van der Waals surface area contributed by atoms with Crippen LogP contribution in [0.5, 0.6) is 5.75 Å². The number of benzene rings is 1. The maximum absolute atomic E-state index is 5.25. The molecule has 21 heavy (non-hydrogen) atoms. The van der Waals surface area contributed by atoms with Crippen LogP contribution in [0.25, 0.3) is 0 Å². The van der Waals surface area contributed by atoms with Crippen molar-refractivity contribution < 1.29 is 4.74 Å². The van der Waals surface area contributed by atoms with Gasteiger partial charge < -0.3 is 15.0 Å². The molecule has 1 aromatic carbocycles. The third-order valence-corrected chi connectivity index (χ3v) is 3.34. The van der Waals surface area contributed by atoms with Gasteiger partial charge in [0.2, 0.25) is 0 Å². The first-order chi connectivity index (χ1) is 10.2. The second kappa shape index (κ2) is 10.1. The van der Waals surface area contributed by atoms with Gasteiger partial charge in [0.25, 0.3) is 0 Å². The van der Waals surface area contributed by atoms with E-state index in [1.165, 1.54) is 18.4 Å². The van der Waals surface area contributed by atoms with Crippen LogP contribution in [0.15, 0.2) is 29.3 Å². The van der Waals surface area contributed by atoms with Crippen molar-refractivity contribution in [1.82, 2.24) is 10.2 Å². The fourth-order valence-electron chi connectivity index (χ4n) is 2.09. The Kier molecular flexibility index (Phi) is 8.32. The van der Waals surface area contributed by atoms with Gasteiger partial charge in [0.1, 0.15) is 5.75 Å². The van der Waals surface area contributed by atoms with Gasteiger partial charge in [0.15, 0.2) is 5.96 Å². The smallest absolute Gasteiger partial charge is 0.193 e. The van der Waals surface area contributed by atoms with Gasteiger partial charge in [-0.05, 0) is 37.5 Å². The van der Waals surface area contributed by atoms with Crippen molar-refractivity contribution in [2.24, 2.45) is 4.99 Å². The number of hydrogen-bond acceptors (Lipinski definition) is 2. The first-order valence-electron chi connectivity index (χ1n) is 7.83. The molecule has 0 saturated heterocycles. The first-order valence-corrected chi connectivity index (χ1v) is 7.83. The summed E-state index contributed by atoms with van der Waals surface area (Å²) in [6.45, 7) is 7.04. The first kappa shape index (κ1) is 17.3. The Bertz CT molecular complexity index is 432. The topological polar surface area (TPSA) is 36.9 Å². The summed E-state index contributed by atoms with van der Waals surface area (Å²) >= 11 is 0. The minimum Gasteiger partial charge on any atom is -0.497 e. The molecule has 0 bridgehead atoms. The van der Waals surface area contributed by atoms with E-state index in [4.69, 9.17) is 9.73 Å². The van der Waals surface area contributed by atoms with Gasteiger partial charge in [-0.1, -0.05) is 25.5 Å². The molecule has 0 heterocycles. The molecule has 0 spiro atoms. The SMILES string of the molecule is CCCCN(C)C(=NCCc1cccc(OC)c1)NCC. The lowest BCUT2D eigenvalue weighted by molar-refractivity contribution is 0.414. The highest BCUT2D eigenvalue weighted by molar-refractivity contribution is 5.79. The van der Waals surface area contributed by atoms with Crippen molar-refractivity contribution in [2.45, 2.75) is 33.1 Å². The summed E-state index contributed by atoms with van der Waals surface area (Å²) in [4.78, 5) is 6.91. The normalized spacial score (nSPS) is 11.3. The zero-order valence-corrected chi connectivity index (χ0v) is 13.9. The summed E-state index contributed by atoms with van der Waals surface area (Å²) in [6, 6.07) is 8.18. The summed E-state index contributed by atoms with van der Waals surface area (Å²) in [5, 5.41) is 3.35. The molecule has 0 aliphatic carbocycles. The van der Waals surface area contributed by atoms with E-state index < -0.39 is 0 Å². The molecule has 4 heteroatoms. The third kappa shape index (κ3) is 6.52. The molecule has 0 saturated carbocycles. The Hall–Kier alpha value is -1.71. The van der Waals surface area contributed by atoms with Gasteiger partial charge in [-0.2, -0.15) is 0 Å². The van der Waals surface area contributed by atoms with E-state index in [2.05, 4.69) is 43.2 Å². The van der Waals surface area contributed by atoms with E-state index in [1.54, 1.807) is 7.11 Å². The van der Waals surface area contributed by atoms with Gasteiger partial charge in [0.05, 0.1) is 7.11 Å². The average molecular weight is 291 g/mol. The number of nitrogens with zero attached hydrogens (tertiary/aromatic N) is 2. The molecule has 0 unspecified atom stereocenters. The number of guanidine groups is 1. The molecule has 0 fully saturated rings. The van der Waals surface area contributed by atoms with E-state index in [0.717, 1.165) is 37.8 Å². The van der Waals surface area contributed by atoms with Gasteiger partial charge in [-0.25, -0.2) is 0 Å². The lowest BCUT2D eigenvalue weighted by atomic mass is 10.1. The number of hydrogen-bond donors (Lipinski definition) is 1. The molecular formula is C17H29N3O. The lowest BCUT2D eigenvalue weighted by Crippen LogP contribution is -2.39. The Morgan fingerprint density at radius 3 is 2.81 bits per heavy atom. The predicted molar refractivity (Wildman–Crippen MR) is 90.2 cm³/mol. The monoisotopic (exact) mass is 291 g/mol. The summed E-state index contributed by atoms with van der Waals surface area (Å²) in [7, 11) is 3.80. The second-order valence-corrected chi connectivity index (χ2v) is 5.11. The van der Waals surface area contributed by atoms with E-state index >= 15 is 0 Å². The van der Waals surface area contributed by atoms with Gasteiger partial charge in [0, 0.05) is 26.7 Å². The third-order valence-electron chi connectivity index (χ3n) is 3.34. The molecular weight excluding hydrogens is 262 g/mol. The molecule has 0 aliphatic rings. The van der Waals surface area contributed by atoms with Crippen molar-refractivity contribution >= 4 is 5.96 Å². The maximum Gasteiger partial charge on any atom is 0.193 e. The predicted octanol–water partition coefficient (Wildman–Crippen LogP) is 2.94. The van der Waals surface area contributed by atoms with Crippen molar-refractivity contribution in [3.05, 3.63) is 29.8 Å². The minimum absolute atomic E-state index is 0.784. The standard InChI is InChI=1S/C17H29N3O/c1-5-7-13-20(3)17(18-6-2)19-12-11-15-9-8-10-16(14-15)21-4/h8-10,14H,5-7,11-13H2,1-4H3,(H,18,19). The second-order valence-electron chi connectivity index (χ2n) is 5.11. The summed E-state index contributed by atoms with van der Waals surface area (Å²) in [5.74, 6) is 1.90. The Morgan fingerprint density at radius 2 is 2.14 bits per heavy atom. The van der Waals surface area contributed by atoms with E-state index in [1.807, 2.05) is 12.1 Å². The molecule has 1 rings (SSSR count). The fraction of sp³-hybridized carbons (Fsp3) is 0.588. The van der Waals surface area contributed by atoms with Crippen LogP contribution in [-0.4, -0.2) is 44.7 Å². The molecule has 0 aliphatic heterocycles. The van der Waals surface area contributed by atoms with Crippen molar-refractivity contribution in [3.8, 4) is 5.75 Å². The number of nitrogens with one attached hydrogen (secondary N) is 1. The van der Waals surface area contributed by atoms with Crippen LogP contribution < -0.4 is 10.1 Å². The van der Waals surface area contributed by atoms with Crippen LogP contribution in [0.1, 0.15) is 32.3 Å². The average Bonchev–Trinajstić information content (AvgIpc) is 2.52. The maximum atomic E-state index is 5.25. The van der Waals surface area contributed by atoms with Crippen LogP contribution in [-0.2, 0) is 6.42 Å². The van der Waals surface area contributed by atoms with Crippen LogP contribution in [0.4, 0.5) is 0 Å². The Morgan fingerprint density at radius 1 is 1.33 bits per heavy atom. The largest absolute Gasteiger partial charge is 0.497 e. The van der Waals surface area contributed by atoms with Gasteiger partial charge in [-0.15, -0.1) is 0 Å². The molecule has 1 aromatic rings. The molecule has 4 nitrogen and oxygen atoms in total. The zero-order valence-electron chi connectivity index (χ0n) is 13.9. The highest BCUT2D eigenvalue weighted by atomic mass is 16.5. The van der Waals surface area contributed by atoms with Crippen molar-refractivity contribution in [1.29, 1.82) is 0 Å². The number of methoxy groups -OCH3 is 1. The summed E-state index contributed by atoms with van der Waals surface area (Å²) in [5.41, 5.74) is 1.25. The van der Waals surface area contributed by atoms with E-state index in [-0.39, 0.29) is 0 Å². The van der Waals surface area contributed by atoms with Crippen LogP contribution in [0.2, 0.25) is 0 Å². The summed E-state index contributed by atoms with van der Waals surface area (Å²) in [6.07, 6.45) is 3.32. The van der Waals surface area contributed by atoms with E-state index in [0.29, 0.717) is 0 Å². The number of rotatable bonds is 8. The quantitative estimate of drug-likeness (QED) is 0.591. The number of aliphatic imine (C=N–C) groups is 1. The number of unbranched alkanes of at least 4 members (excludes halogenated alkanes) is 1. The molecule has 118 valence electrons.